The molecule has 2 aromatic rings. The molecule has 2 aromatic heterocycles. The number of nitrogens with one attached hydrogen (secondary N) is 1. The molecule has 1 aliphatic rings. The van der Waals surface area contributed by atoms with Crippen LogP contribution in [0.2, 0.25) is 0 Å². The van der Waals surface area contributed by atoms with Crippen LogP contribution in [-0.4, -0.2) is 46.0 Å². The third kappa shape index (κ3) is 2.54. The van der Waals surface area contributed by atoms with Gasteiger partial charge in [0.25, 0.3) is 5.91 Å². The number of likely N-dealkylation sites (tertiary alicyclic amines) is 1. The van der Waals surface area contributed by atoms with Crippen LogP contribution in [0.15, 0.2) is 12.3 Å². The first kappa shape index (κ1) is 13.7. The summed E-state index contributed by atoms with van der Waals surface area (Å²) in [6.45, 7) is 2.61. The van der Waals surface area contributed by atoms with Gasteiger partial charge in [0, 0.05) is 31.4 Å². The number of aromatic nitrogens is 2. The molecule has 0 radical (unpaired) electrons. The summed E-state index contributed by atoms with van der Waals surface area (Å²) in [7, 11) is 0. The number of nitrogen functional groups attached to an aromatic ring is 1. The number of hydrogen-bond acceptors (Lipinski definition) is 6. The second kappa shape index (κ2) is 5.28. The zero-order valence-electron chi connectivity index (χ0n) is 11.5. The molecule has 0 bridgehead atoms. The molecule has 7 nitrogen and oxygen atoms in total. The van der Waals surface area contributed by atoms with E-state index in [0.717, 1.165) is 11.8 Å². The van der Waals surface area contributed by atoms with Crippen molar-refractivity contribution < 1.29 is 9.59 Å². The van der Waals surface area contributed by atoms with Gasteiger partial charge in [-0.05, 0) is 12.5 Å². The van der Waals surface area contributed by atoms with Crippen molar-refractivity contribution in [1.29, 1.82) is 0 Å². The Morgan fingerprint density at radius 3 is 3.05 bits per heavy atom. The average Bonchev–Trinajstić information content (AvgIpc) is 3.03. The van der Waals surface area contributed by atoms with Gasteiger partial charge in [-0.1, -0.05) is 0 Å². The van der Waals surface area contributed by atoms with E-state index in [1.54, 1.807) is 17.2 Å². The molecule has 3 heterocycles. The van der Waals surface area contributed by atoms with Gasteiger partial charge in [-0.25, -0.2) is 0 Å². The molecular weight excluding hydrogens is 290 g/mol. The summed E-state index contributed by atoms with van der Waals surface area (Å²) in [5, 5.41) is 11.4. The van der Waals surface area contributed by atoms with Gasteiger partial charge in [-0.15, -0.1) is 16.4 Å². The molecule has 21 heavy (non-hydrogen) atoms. The summed E-state index contributed by atoms with van der Waals surface area (Å²) >= 11 is 1.26. The number of amides is 2. The molecular formula is C13H15N5O2S. The predicted molar refractivity (Wildman–Crippen MR) is 80.0 cm³/mol. The van der Waals surface area contributed by atoms with Gasteiger partial charge < -0.3 is 16.0 Å². The lowest BCUT2D eigenvalue weighted by molar-refractivity contribution is -0.119. The second-order valence-electron chi connectivity index (χ2n) is 5.03. The number of carbonyl (C=O) groups is 2. The summed E-state index contributed by atoms with van der Waals surface area (Å²) < 4.78 is 0. The minimum Gasteiger partial charge on any atom is -0.397 e. The van der Waals surface area contributed by atoms with Gasteiger partial charge in [0.05, 0.1) is 11.9 Å². The van der Waals surface area contributed by atoms with Crippen molar-refractivity contribution in [3.8, 4) is 0 Å². The lowest BCUT2D eigenvalue weighted by atomic mass is 10.2. The summed E-state index contributed by atoms with van der Waals surface area (Å²) in [5.74, 6) is -0.186. The fourth-order valence-electron chi connectivity index (χ4n) is 2.53. The number of anilines is 1. The zero-order valence-corrected chi connectivity index (χ0v) is 12.3. The summed E-state index contributed by atoms with van der Waals surface area (Å²) in [4.78, 5) is 26.5. The standard InChI is InChI=1S/C13H15N5O2S/c1-7(19)16-8-3-5-18(6-8)13(20)11-10(14)9-2-4-15-17-12(9)21-11/h2,4,8H,3,5-6,14H2,1H3,(H,16,19). The maximum Gasteiger partial charge on any atom is 0.266 e. The molecule has 0 spiro atoms. The van der Waals surface area contributed by atoms with E-state index in [2.05, 4.69) is 15.5 Å². The highest BCUT2D eigenvalue weighted by atomic mass is 32.1. The number of rotatable bonds is 2. The summed E-state index contributed by atoms with van der Waals surface area (Å²) in [6.07, 6.45) is 2.32. The van der Waals surface area contributed by atoms with Crippen LogP contribution in [0, 0.1) is 0 Å². The van der Waals surface area contributed by atoms with Crippen molar-refractivity contribution in [3.05, 3.63) is 17.1 Å². The quantitative estimate of drug-likeness (QED) is 0.847. The van der Waals surface area contributed by atoms with Crippen LogP contribution in [0.4, 0.5) is 5.69 Å². The van der Waals surface area contributed by atoms with Gasteiger partial charge >= 0.3 is 0 Å². The minimum atomic E-state index is -0.108. The Labute approximate surface area is 125 Å². The SMILES string of the molecule is CC(=O)NC1CCN(C(=O)c2sc3nnccc3c2N)C1. The van der Waals surface area contributed by atoms with Crippen LogP contribution in [0.5, 0.6) is 0 Å². The number of nitrogens with two attached hydrogens (primary N) is 1. The fraction of sp³-hybridized carbons (Fsp3) is 0.385. The maximum atomic E-state index is 12.6. The van der Waals surface area contributed by atoms with Crippen LogP contribution >= 0.6 is 11.3 Å². The molecule has 3 rings (SSSR count). The normalized spacial score (nSPS) is 18.1. The van der Waals surface area contributed by atoms with Gasteiger partial charge in [0.1, 0.15) is 9.71 Å². The van der Waals surface area contributed by atoms with E-state index in [9.17, 15) is 9.59 Å². The molecule has 8 heteroatoms. The highest BCUT2D eigenvalue weighted by Gasteiger charge is 2.29. The zero-order chi connectivity index (χ0) is 15.0. The summed E-state index contributed by atoms with van der Waals surface area (Å²) in [6, 6.07) is 1.77. The lowest BCUT2D eigenvalue weighted by Gasteiger charge is -2.16. The third-order valence-electron chi connectivity index (χ3n) is 3.50. The van der Waals surface area contributed by atoms with Crippen molar-refractivity contribution in [3.63, 3.8) is 0 Å². The molecule has 1 unspecified atom stereocenters. The smallest absolute Gasteiger partial charge is 0.266 e. The Hall–Kier alpha value is -2.22. The fourth-order valence-corrected chi connectivity index (χ4v) is 3.53. The van der Waals surface area contributed by atoms with E-state index in [0.29, 0.717) is 28.5 Å². The second-order valence-corrected chi connectivity index (χ2v) is 6.03. The number of nitrogens with zero attached hydrogens (tertiary/aromatic N) is 3. The molecule has 3 N–H and O–H groups in total. The monoisotopic (exact) mass is 305 g/mol. The van der Waals surface area contributed by atoms with Crippen molar-refractivity contribution >= 4 is 39.1 Å². The molecule has 0 saturated carbocycles. The number of carbonyl (C=O) groups excluding carboxylic acids is 2. The highest BCUT2D eigenvalue weighted by molar-refractivity contribution is 7.21. The van der Waals surface area contributed by atoms with Gasteiger partial charge in [0.2, 0.25) is 5.91 Å². The average molecular weight is 305 g/mol. The van der Waals surface area contributed by atoms with Gasteiger partial charge in [-0.3, -0.25) is 9.59 Å². The minimum absolute atomic E-state index is 0.0156. The number of thiophene rings is 1. The van der Waals surface area contributed by atoms with Crippen LogP contribution in [0.3, 0.4) is 0 Å². The van der Waals surface area contributed by atoms with E-state index < -0.39 is 0 Å². The molecule has 0 aliphatic carbocycles. The lowest BCUT2D eigenvalue weighted by Crippen LogP contribution is -2.37. The van der Waals surface area contributed by atoms with E-state index in [1.807, 2.05) is 0 Å². The predicted octanol–water partition coefficient (Wildman–Crippen LogP) is 0.624. The maximum absolute atomic E-state index is 12.6. The molecule has 0 aromatic carbocycles. The number of hydrogen-bond donors (Lipinski definition) is 2. The Morgan fingerprint density at radius 2 is 2.33 bits per heavy atom. The largest absolute Gasteiger partial charge is 0.397 e. The van der Waals surface area contributed by atoms with Crippen molar-refractivity contribution in [2.75, 3.05) is 18.8 Å². The van der Waals surface area contributed by atoms with Crippen molar-refractivity contribution in [2.24, 2.45) is 0 Å². The van der Waals surface area contributed by atoms with Crippen LogP contribution < -0.4 is 11.1 Å². The van der Waals surface area contributed by atoms with Crippen LogP contribution in [0.25, 0.3) is 10.2 Å². The first-order valence-corrected chi connectivity index (χ1v) is 7.44. The van der Waals surface area contributed by atoms with E-state index >= 15 is 0 Å². The Bertz CT molecular complexity index is 714. The van der Waals surface area contributed by atoms with Crippen LogP contribution in [-0.2, 0) is 4.79 Å². The Balaban J connectivity index is 1.81. The molecule has 1 fully saturated rings. The van der Waals surface area contributed by atoms with E-state index in [-0.39, 0.29) is 17.9 Å². The van der Waals surface area contributed by atoms with Gasteiger partial charge in [0.15, 0.2) is 0 Å². The van der Waals surface area contributed by atoms with Crippen LogP contribution in [0.1, 0.15) is 23.0 Å². The Morgan fingerprint density at radius 1 is 1.52 bits per heavy atom. The molecule has 1 atom stereocenters. The van der Waals surface area contributed by atoms with Crippen molar-refractivity contribution in [1.82, 2.24) is 20.4 Å². The number of fused-ring (bicyclic) bond motifs is 1. The topological polar surface area (TPSA) is 101 Å². The summed E-state index contributed by atoms with van der Waals surface area (Å²) in [5.41, 5.74) is 6.50. The first-order chi connectivity index (χ1) is 10.1. The first-order valence-electron chi connectivity index (χ1n) is 6.62. The third-order valence-corrected chi connectivity index (χ3v) is 4.59. The van der Waals surface area contributed by atoms with E-state index in [1.165, 1.54) is 18.3 Å². The van der Waals surface area contributed by atoms with E-state index in [4.69, 9.17) is 5.73 Å². The van der Waals surface area contributed by atoms with Gasteiger partial charge in [-0.2, -0.15) is 5.10 Å². The molecule has 2 amide bonds. The molecule has 1 saturated heterocycles. The highest BCUT2D eigenvalue weighted by Crippen LogP contribution is 2.33. The molecule has 1 aliphatic heterocycles. The molecule has 110 valence electrons. The van der Waals surface area contributed by atoms with Crippen molar-refractivity contribution in [2.45, 2.75) is 19.4 Å². The Kier molecular flexibility index (Phi) is 3.46.